The molecule has 13 heavy (non-hydrogen) atoms. The van der Waals surface area contributed by atoms with Gasteiger partial charge in [0.2, 0.25) is 0 Å². The molecule has 1 aliphatic heterocycles. The van der Waals surface area contributed by atoms with Gasteiger partial charge in [-0.25, -0.2) is 4.31 Å². The summed E-state index contributed by atoms with van der Waals surface area (Å²) in [5, 5.41) is 0. The maximum atomic E-state index is 11.4. The van der Waals surface area contributed by atoms with Crippen LogP contribution in [0.2, 0.25) is 0 Å². The van der Waals surface area contributed by atoms with Gasteiger partial charge >= 0.3 is 0 Å². The van der Waals surface area contributed by atoms with Crippen molar-refractivity contribution in [3.05, 3.63) is 0 Å². The van der Waals surface area contributed by atoms with Crippen LogP contribution < -0.4 is 0 Å². The Balaban J connectivity index is 2.39. The average molecular weight is 221 g/mol. The highest BCUT2D eigenvalue weighted by molar-refractivity contribution is 8.25. The molecule has 0 radical (unpaired) electrons. The molecule has 0 N–H and O–H groups in total. The van der Waals surface area contributed by atoms with Crippen LogP contribution >= 0.6 is 19.1 Å². The van der Waals surface area contributed by atoms with E-state index in [2.05, 4.69) is 0 Å². The lowest BCUT2D eigenvalue weighted by atomic mass is 10.2. The first-order valence-corrected chi connectivity index (χ1v) is 7.90. The van der Waals surface area contributed by atoms with Crippen molar-refractivity contribution in [3.8, 4) is 0 Å². The molecule has 0 amide bonds. The van der Waals surface area contributed by atoms with E-state index < -0.39 is 7.14 Å². The third-order valence-electron chi connectivity index (χ3n) is 1.96. The molecular weight excluding hydrogens is 205 g/mol. The molecule has 5 heteroatoms. The molecule has 0 aromatic heterocycles. The zero-order chi connectivity index (χ0) is 9.90. The van der Waals surface area contributed by atoms with Gasteiger partial charge in [-0.1, -0.05) is 6.42 Å². The molecule has 76 valence electrons. The zero-order valence-corrected chi connectivity index (χ0v) is 9.87. The number of carbonyl (C=O) groups is 1. The van der Waals surface area contributed by atoms with Crippen molar-refractivity contribution >= 4 is 23.9 Å². The van der Waals surface area contributed by atoms with Crippen molar-refractivity contribution in [1.29, 1.82) is 0 Å². The summed E-state index contributed by atoms with van der Waals surface area (Å²) in [5.74, 6) is 0. The van der Waals surface area contributed by atoms with E-state index in [4.69, 9.17) is 0 Å². The molecule has 0 aromatic carbocycles. The van der Waals surface area contributed by atoms with Crippen LogP contribution in [0.25, 0.3) is 0 Å². The predicted molar refractivity (Wildman–Crippen MR) is 57.9 cm³/mol. The van der Waals surface area contributed by atoms with Crippen molar-refractivity contribution in [3.63, 3.8) is 0 Å². The van der Waals surface area contributed by atoms with Gasteiger partial charge in [-0.05, 0) is 26.2 Å². The number of piperidine rings is 1. The Morgan fingerprint density at radius 3 is 2.23 bits per heavy atom. The van der Waals surface area contributed by atoms with Gasteiger partial charge in [0.1, 0.15) is 0 Å². The number of carbonyl (C=O) groups excluding carboxylic acids is 1. The van der Waals surface area contributed by atoms with E-state index in [9.17, 15) is 9.36 Å². The maximum absolute atomic E-state index is 11.4. The van der Waals surface area contributed by atoms with Crippen LogP contribution in [-0.4, -0.2) is 35.6 Å². The molecule has 0 aliphatic carbocycles. The third-order valence-corrected chi connectivity index (χ3v) is 5.18. The van der Waals surface area contributed by atoms with Crippen LogP contribution in [0.4, 0.5) is 4.79 Å². The Morgan fingerprint density at radius 1 is 1.23 bits per heavy atom. The van der Waals surface area contributed by atoms with E-state index in [0.29, 0.717) is 0 Å². The number of nitrogens with zero attached hydrogens (tertiary/aromatic N) is 1. The Hall–Kier alpha value is 0.210. The monoisotopic (exact) mass is 221 g/mol. The van der Waals surface area contributed by atoms with Crippen molar-refractivity contribution in [2.24, 2.45) is 0 Å². The fourth-order valence-corrected chi connectivity index (χ4v) is 2.96. The van der Waals surface area contributed by atoms with Crippen molar-refractivity contribution in [1.82, 2.24) is 4.31 Å². The molecule has 0 spiro atoms. The Morgan fingerprint density at radius 2 is 1.77 bits per heavy atom. The summed E-state index contributed by atoms with van der Waals surface area (Å²) in [4.78, 5) is 11.2. The maximum Gasteiger partial charge on any atom is 0.261 e. The first-order valence-electron chi connectivity index (χ1n) is 4.52. The highest BCUT2D eigenvalue weighted by Gasteiger charge is 2.23. The van der Waals surface area contributed by atoms with E-state index in [1.807, 2.05) is 4.31 Å². The Kier molecular flexibility index (Phi) is 4.02. The molecule has 0 aromatic rings. The van der Waals surface area contributed by atoms with Gasteiger partial charge in [0.15, 0.2) is 7.14 Å². The molecule has 1 saturated heterocycles. The summed E-state index contributed by atoms with van der Waals surface area (Å²) < 4.78 is 13.4. The third kappa shape index (κ3) is 3.84. The summed E-state index contributed by atoms with van der Waals surface area (Å²) in [6.07, 6.45) is 3.55. The first kappa shape index (κ1) is 11.3. The highest BCUT2D eigenvalue weighted by Crippen LogP contribution is 2.44. The number of hydrogen-bond acceptors (Lipinski definition) is 4. The fraction of sp³-hybridized carbons (Fsp3) is 0.875. The molecule has 0 unspecified atom stereocenters. The molecule has 0 atom stereocenters. The lowest BCUT2D eigenvalue weighted by Gasteiger charge is -2.24. The summed E-state index contributed by atoms with van der Waals surface area (Å²) in [7, 11) is -2.54. The lowest BCUT2D eigenvalue weighted by molar-refractivity contribution is 0.273. The summed E-state index contributed by atoms with van der Waals surface area (Å²) >= 11 is 1.16. The van der Waals surface area contributed by atoms with Crippen LogP contribution in [0.3, 0.4) is 0 Å². The van der Waals surface area contributed by atoms with Crippen LogP contribution in [-0.2, 0) is 4.57 Å². The van der Waals surface area contributed by atoms with Crippen LogP contribution in [0.5, 0.6) is 0 Å². The summed E-state index contributed by atoms with van der Waals surface area (Å²) in [6.45, 7) is 4.98. The van der Waals surface area contributed by atoms with Crippen LogP contribution in [0.1, 0.15) is 19.3 Å². The first-order chi connectivity index (χ1) is 6.00. The van der Waals surface area contributed by atoms with E-state index >= 15 is 0 Å². The van der Waals surface area contributed by atoms with Gasteiger partial charge in [0.05, 0.1) is 0 Å². The minimum absolute atomic E-state index is 0.158. The fourth-order valence-electron chi connectivity index (χ4n) is 1.16. The van der Waals surface area contributed by atoms with Crippen molar-refractivity contribution < 1.29 is 9.36 Å². The number of hydrogen-bond donors (Lipinski definition) is 0. The lowest BCUT2D eigenvalue weighted by Crippen LogP contribution is -2.24. The minimum Gasteiger partial charge on any atom is -0.315 e. The van der Waals surface area contributed by atoms with E-state index in [1.165, 1.54) is 19.8 Å². The van der Waals surface area contributed by atoms with Crippen LogP contribution in [0, 0.1) is 0 Å². The quantitative estimate of drug-likeness (QED) is 0.530. The van der Waals surface area contributed by atoms with Gasteiger partial charge in [0.25, 0.3) is 4.86 Å². The van der Waals surface area contributed by atoms with Gasteiger partial charge < -0.3 is 4.57 Å². The Bertz CT molecular complexity index is 232. The second kappa shape index (κ2) is 4.63. The topological polar surface area (TPSA) is 37.4 Å². The van der Waals surface area contributed by atoms with Gasteiger partial charge in [-0.15, -0.1) is 0 Å². The summed E-state index contributed by atoms with van der Waals surface area (Å²) in [6, 6.07) is 0. The predicted octanol–water partition coefficient (Wildman–Crippen LogP) is 2.86. The average Bonchev–Trinajstić information content (AvgIpc) is 2.04. The smallest absolute Gasteiger partial charge is 0.261 e. The van der Waals surface area contributed by atoms with Gasteiger partial charge in [-0.3, -0.25) is 4.79 Å². The minimum atomic E-state index is -2.54. The van der Waals surface area contributed by atoms with Crippen molar-refractivity contribution in [2.45, 2.75) is 19.3 Å². The molecule has 1 fully saturated rings. The molecule has 1 rings (SSSR count). The molecule has 3 nitrogen and oxygen atoms in total. The number of rotatable bonds is 2. The molecule has 0 bridgehead atoms. The summed E-state index contributed by atoms with van der Waals surface area (Å²) in [5.41, 5.74) is 0. The molecular formula is C8H16NO2PS. The van der Waals surface area contributed by atoms with E-state index in [0.717, 1.165) is 37.9 Å². The largest absolute Gasteiger partial charge is 0.315 e. The molecule has 1 heterocycles. The van der Waals surface area contributed by atoms with E-state index in [1.54, 1.807) is 0 Å². The SMILES string of the molecule is CP(C)(=O)C(=O)SN1CCCCC1. The normalized spacial score (nSPS) is 20.2. The highest BCUT2D eigenvalue weighted by atomic mass is 32.2. The van der Waals surface area contributed by atoms with Crippen molar-refractivity contribution in [2.75, 3.05) is 26.4 Å². The molecule has 1 aliphatic rings. The van der Waals surface area contributed by atoms with Crippen LogP contribution in [0.15, 0.2) is 0 Å². The van der Waals surface area contributed by atoms with Gasteiger partial charge in [-0.2, -0.15) is 0 Å². The zero-order valence-electron chi connectivity index (χ0n) is 8.15. The second-order valence-electron chi connectivity index (χ2n) is 3.70. The van der Waals surface area contributed by atoms with E-state index in [-0.39, 0.29) is 4.86 Å². The Labute approximate surface area is 83.8 Å². The molecule has 0 saturated carbocycles. The van der Waals surface area contributed by atoms with Gasteiger partial charge in [0, 0.05) is 25.0 Å². The standard InChI is InChI=1S/C8H16NO2PS/c1-12(2,11)8(10)13-9-6-4-3-5-7-9/h3-7H2,1-2H3. The second-order valence-corrected chi connectivity index (χ2v) is 8.18.